The van der Waals surface area contributed by atoms with Crippen molar-refractivity contribution in [2.45, 2.75) is 25.8 Å². The van der Waals surface area contributed by atoms with Crippen LogP contribution in [0.4, 0.5) is 0 Å². The summed E-state index contributed by atoms with van der Waals surface area (Å²) in [4.78, 5) is -0.359. The van der Waals surface area contributed by atoms with E-state index in [0.29, 0.717) is 13.2 Å². The zero-order valence-electron chi connectivity index (χ0n) is 7.11. The van der Waals surface area contributed by atoms with Crippen LogP contribution in [0.1, 0.15) is 20.8 Å². The van der Waals surface area contributed by atoms with Gasteiger partial charge in [-0.25, -0.2) is 0 Å². The second-order valence-electron chi connectivity index (χ2n) is 2.01. The van der Waals surface area contributed by atoms with E-state index in [0.717, 1.165) is 0 Å². The molecule has 1 unspecified atom stereocenters. The molecule has 0 aliphatic heterocycles. The van der Waals surface area contributed by atoms with Crippen LogP contribution in [0.5, 0.6) is 0 Å². The molecule has 0 aliphatic rings. The van der Waals surface area contributed by atoms with Crippen LogP contribution in [-0.4, -0.2) is 18.2 Å². The molecular formula is C6H15O3PS. The maximum Gasteiger partial charge on any atom is 0.342 e. The molecule has 0 rings (SSSR count). The number of hydrogen-bond donors (Lipinski definition) is 1. The van der Waals surface area contributed by atoms with Crippen molar-refractivity contribution in [1.29, 1.82) is 0 Å². The summed E-state index contributed by atoms with van der Waals surface area (Å²) in [5.74, 6) is 0. The second kappa shape index (κ2) is 5.20. The van der Waals surface area contributed by atoms with E-state index in [9.17, 15) is 4.57 Å². The molecule has 0 saturated heterocycles. The first-order chi connectivity index (χ1) is 5.06. The van der Waals surface area contributed by atoms with Gasteiger partial charge in [-0.2, -0.15) is 12.6 Å². The molecule has 3 nitrogen and oxygen atoms in total. The van der Waals surface area contributed by atoms with Gasteiger partial charge in [0, 0.05) is 0 Å². The highest BCUT2D eigenvalue weighted by Crippen LogP contribution is 2.54. The first-order valence-electron chi connectivity index (χ1n) is 3.63. The van der Waals surface area contributed by atoms with Gasteiger partial charge in [0.25, 0.3) is 0 Å². The van der Waals surface area contributed by atoms with E-state index in [1.807, 2.05) is 0 Å². The molecule has 0 spiro atoms. The first kappa shape index (κ1) is 11.5. The smallest absolute Gasteiger partial charge is 0.308 e. The second-order valence-corrected chi connectivity index (χ2v) is 5.56. The molecule has 0 heterocycles. The van der Waals surface area contributed by atoms with Crippen molar-refractivity contribution < 1.29 is 13.6 Å². The standard InChI is InChI=1S/C6H15O3PS/c1-4-8-10(7,6(3)11)9-5-2/h6,11H,4-5H2,1-3H3. The van der Waals surface area contributed by atoms with Gasteiger partial charge in [0.1, 0.15) is 4.99 Å². The van der Waals surface area contributed by atoms with Gasteiger partial charge in [-0.1, -0.05) is 0 Å². The fraction of sp³-hybridized carbons (Fsp3) is 1.00. The van der Waals surface area contributed by atoms with E-state index < -0.39 is 7.60 Å². The Kier molecular flexibility index (Phi) is 5.44. The third kappa shape index (κ3) is 3.61. The van der Waals surface area contributed by atoms with Crippen molar-refractivity contribution in [1.82, 2.24) is 0 Å². The normalized spacial score (nSPS) is 14.9. The van der Waals surface area contributed by atoms with Crippen molar-refractivity contribution in [2.75, 3.05) is 13.2 Å². The molecule has 5 heteroatoms. The molecule has 0 aromatic rings. The molecule has 11 heavy (non-hydrogen) atoms. The lowest BCUT2D eigenvalue weighted by Crippen LogP contribution is -2.03. The zero-order valence-corrected chi connectivity index (χ0v) is 8.90. The van der Waals surface area contributed by atoms with Crippen molar-refractivity contribution in [3.63, 3.8) is 0 Å². The minimum atomic E-state index is -2.93. The van der Waals surface area contributed by atoms with E-state index in [1.54, 1.807) is 20.8 Å². The van der Waals surface area contributed by atoms with Crippen molar-refractivity contribution in [3.8, 4) is 0 Å². The van der Waals surface area contributed by atoms with Gasteiger partial charge in [0.15, 0.2) is 0 Å². The number of hydrogen-bond acceptors (Lipinski definition) is 4. The van der Waals surface area contributed by atoms with Gasteiger partial charge in [-0.3, -0.25) is 4.57 Å². The Labute approximate surface area is 73.4 Å². The molecular weight excluding hydrogens is 183 g/mol. The van der Waals surface area contributed by atoms with E-state index in [-0.39, 0.29) is 4.99 Å². The van der Waals surface area contributed by atoms with Gasteiger partial charge < -0.3 is 9.05 Å². The fourth-order valence-electron chi connectivity index (χ4n) is 0.613. The van der Waals surface area contributed by atoms with Gasteiger partial charge in [-0.15, -0.1) is 0 Å². The largest absolute Gasteiger partial charge is 0.342 e. The molecule has 68 valence electrons. The molecule has 0 N–H and O–H groups in total. The number of rotatable bonds is 5. The summed E-state index contributed by atoms with van der Waals surface area (Å²) in [6, 6.07) is 0. The third-order valence-electron chi connectivity index (χ3n) is 1.08. The Balaban J connectivity index is 4.14. The molecule has 0 aromatic heterocycles. The van der Waals surface area contributed by atoms with Crippen LogP contribution < -0.4 is 0 Å². The summed E-state index contributed by atoms with van der Waals surface area (Å²) in [5.41, 5.74) is 0. The predicted octanol–water partition coefficient (Wildman–Crippen LogP) is 2.53. The lowest BCUT2D eigenvalue weighted by molar-refractivity contribution is 0.219. The Morgan fingerprint density at radius 3 is 1.91 bits per heavy atom. The van der Waals surface area contributed by atoms with Gasteiger partial charge in [0.05, 0.1) is 13.2 Å². The van der Waals surface area contributed by atoms with E-state index in [1.165, 1.54) is 0 Å². The van der Waals surface area contributed by atoms with E-state index in [2.05, 4.69) is 12.6 Å². The Hall–Kier alpha value is 0.500. The fourth-order valence-corrected chi connectivity index (χ4v) is 2.24. The Morgan fingerprint density at radius 2 is 1.73 bits per heavy atom. The van der Waals surface area contributed by atoms with E-state index >= 15 is 0 Å². The molecule has 0 amide bonds. The van der Waals surface area contributed by atoms with Crippen LogP contribution in [0.15, 0.2) is 0 Å². The third-order valence-corrected chi connectivity index (χ3v) is 4.08. The van der Waals surface area contributed by atoms with Crippen LogP contribution in [0.25, 0.3) is 0 Å². The quantitative estimate of drug-likeness (QED) is 0.544. The van der Waals surface area contributed by atoms with E-state index in [4.69, 9.17) is 9.05 Å². The highest BCUT2D eigenvalue weighted by molar-refractivity contribution is 7.89. The minimum Gasteiger partial charge on any atom is -0.308 e. The molecule has 1 atom stereocenters. The highest BCUT2D eigenvalue weighted by atomic mass is 32.1. The monoisotopic (exact) mass is 198 g/mol. The summed E-state index contributed by atoms with van der Waals surface area (Å²) in [6.07, 6.45) is 0. The van der Waals surface area contributed by atoms with Crippen LogP contribution >= 0.6 is 20.2 Å². The SMILES string of the molecule is CCOP(=O)(OCC)C(C)S. The minimum absolute atomic E-state index is 0.359. The van der Waals surface area contributed by atoms with Crippen LogP contribution in [-0.2, 0) is 13.6 Å². The lowest BCUT2D eigenvalue weighted by atomic mass is 10.9. The maximum absolute atomic E-state index is 11.6. The summed E-state index contributed by atoms with van der Waals surface area (Å²) >= 11 is 4.03. The molecule has 0 bridgehead atoms. The molecule has 0 saturated carbocycles. The summed E-state index contributed by atoms with van der Waals surface area (Å²) in [7, 11) is -2.93. The van der Waals surface area contributed by atoms with Crippen LogP contribution in [0, 0.1) is 0 Å². The average molecular weight is 198 g/mol. The predicted molar refractivity (Wildman–Crippen MR) is 49.3 cm³/mol. The Morgan fingerprint density at radius 1 is 1.36 bits per heavy atom. The summed E-state index contributed by atoms with van der Waals surface area (Å²) in [5, 5.41) is 0. The molecule has 0 aromatic carbocycles. The topological polar surface area (TPSA) is 35.5 Å². The van der Waals surface area contributed by atoms with Crippen molar-refractivity contribution in [2.24, 2.45) is 0 Å². The number of thiol groups is 1. The van der Waals surface area contributed by atoms with Crippen LogP contribution in [0.2, 0.25) is 0 Å². The summed E-state index contributed by atoms with van der Waals surface area (Å²) < 4.78 is 21.6. The highest BCUT2D eigenvalue weighted by Gasteiger charge is 2.28. The van der Waals surface area contributed by atoms with Gasteiger partial charge in [0.2, 0.25) is 0 Å². The van der Waals surface area contributed by atoms with Crippen LogP contribution in [0.3, 0.4) is 0 Å². The van der Waals surface area contributed by atoms with Gasteiger partial charge >= 0.3 is 7.60 Å². The molecule has 0 aliphatic carbocycles. The summed E-state index contributed by atoms with van der Waals surface area (Å²) in [6.45, 7) is 6.04. The first-order valence-corrected chi connectivity index (χ1v) is 5.76. The van der Waals surface area contributed by atoms with Crippen molar-refractivity contribution >= 4 is 20.2 Å². The zero-order chi connectivity index (χ0) is 8.91. The Bertz CT molecular complexity index is 139. The van der Waals surface area contributed by atoms with Crippen molar-refractivity contribution in [3.05, 3.63) is 0 Å². The van der Waals surface area contributed by atoms with Gasteiger partial charge in [-0.05, 0) is 20.8 Å². The average Bonchev–Trinajstić information content (AvgIpc) is 1.88. The lowest BCUT2D eigenvalue weighted by Gasteiger charge is -2.19. The molecule has 0 radical (unpaired) electrons. The maximum atomic E-state index is 11.6. The molecule has 0 fully saturated rings.